The molecule has 1 N–H and O–H groups in total. The zero-order valence-corrected chi connectivity index (χ0v) is 10.4. The second-order valence-corrected chi connectivity index (χ2v) is 3.82. The van der Waals surface area contributed by atoms with Crippen molar-refractivity contribution < 1.29 is 19.6 Å². The molecule has 19 heavy (non-hydrogen) atoms. The second kappa shape index (κ2) is 5.35. The van der Waals surface area contributed by atoms with Gasteiger partial charge in [0.2, 0.25) is 0 Å². The highest BCUT2D eigenvalue weighted by Gasteiger charge is 2.44. The summed E-state index contributed by atoms with van der Waals surface area (Å²) >= 11 is 0. The number of hydrogen-bond donors (Lipinski definition) is 1. The number of nitrogens with zero attached hydrogens (tertiary/aromatic N) is 2. The first-order valence-electron chi connectivity index (χ1n) is 5.40. The number of aliphatic carboxylic acids is 1. The number of nitro benzene ring substituents is 1. The van der Waals surface area contributed by atoms with Crippen molar-refractivity contribution >= 4 is 11.7 Å². The van der Waals surface area contributed by atoms with Crippen LogP contribution in [-0.2, 0) is 10.2 Å². The van der Waals surface area contributed by atoms with Gasteiger partial charge in [-0.2, -0.15) is 5.26 Å². The van der Waals surface area contributed by atoms with Gasteiger partial charge in [-0.05, 0) is 18.6 Å². The predicted molar refractivity (Wildman–Crippen MR) is 64.9 cm³/mol. The highest BCUT2D eigenvalue weighted by atomic mass is 16.6. The van der Waals surface area contributed by atoms with Crippen LogP contribution in [0.4, 0.5) is 5.69 Å². The molecule has 1 unspecified atom stereocenters. The maximum atomic E-state index is 11.4. The minimum Gasteiger partial charge on any atom is -0.497 e. The van der Waals surface area contributed by atoms with Crippen LogP contribution in [-0.4, -0.2) is 23.1 Å². The van der Waals surface area contributed by atoms with Crippen LogP contribution < -0.4 is 4.74 Å². The first-order valence-corrected chi connectivity index (χ1v) is 5.40. The lowest BCUT2D eigenvalue weighted by Crippen LogP contribution is -2.34. The second-order valence-electron chi connectivity index (χ2n) is 3.82. The normalized spacial score (nSPS) is 13.1. The van der Waals surface area contributed by atoms with Crippen LogP contribution in [0.15, 0.2) is 18.2 Å². The summed E-state index contributed by atoms with van der Waals surface area (Å²) in [4.78, 5) is 21.6. The number of nitro groups is 1. The molecule has 0 aliphatic carbocycles. The van der Waals surface area contributed by atoms with Crippen LogP contribution in [0.1, 0.15) is 18.9 Å². The molecular formula is C12H12N2O5. The Labute approximate surface area is 109 Å². The molecule has 0 aliphatic heterocycles. The lowest BCUT2D eigenvalue weighted by Gasteiger charge is -2.20. The average molecular weight is 264 g/mol. The number of carboxylic acids is 1. The van der Waals surface area contributed by atoms with Crippen molar-refractivity contribution in [3.8, 4) is 11.8 Å². The molecule has 0 aromatic heterocycles. The van der Waals surface area contributed by atoms with Crippen LogP contribution >= 0.6 is 0 Å². The van der Waals surface area contributed by atoms with E-state index in [1.54, 1.807) is 6.07 Å². The van der Waals surface area contributed by atoms with Crippen LogP contribution in [0.3, 0.4) is 0 Å². The van der Waals surface area contributed by atoms with E-state index in [1.807, 2.05) is 0 Å². The van der Waals surface area contributed by atoms with E-state index in [1.165, 1.54) is 26.2 Å². The van der Waals surface area contributed by atoms with Gasteiger partial charge in [0.25, 0.3) is 5.69 Å². The van der Waals surface area contributed by atoms with Crippen LogP contribution in [0, 0.1) is 21.4 Å². The molecule has 100 valence electrons. The molecule has 7 nitrogen and oxygen atoms in total. The highest BCUT2D eigenvalue weighted by molar-refractivity contribution is 5.87. The van der Waals surface area contributed by atoms with Gasteiger partial charge in [0.05, 0.1) is 23.7 Å². The van der Waals surface area contributed by atoms with Crippen molar-refractivity contribution in [3.63, 3.8) is 0 Å². The smallest absolute Gasteiger partial charge is 0.328 e. The Balaban J connectivity index is 3.66. The molecule has 1 atom stereocenters. The molecule has 0 heterocycles. The molecular weight excluding hydrogens is 252 g/mol. The number of ether oxygens (including phenoxy) is 1. The molecule has 0 saturated heterocycles. The van der Waals surface area contributed by atoms with E-state index >= 15 is 0 Å². The topological polar surface area (TPSA) is 113 Å². The van der Waals surface area contributed by atoms with Crippen LogP contribution in [0.25, 0.3) is 0 Å². The van der Waals surface area contributed by atoms with E-state index in [0.29, 0.717) is 0 Å². The zero-order chi connectivity index (χ0) is 14.6. The highest BCUT2D eigenvalue weighted by Crippen LogP contribution is 2.37. The van der Waals surface area contributed by atoms with Gasteiger partial charge in [0.1, 0.15) is 5.75 Å². The quantitative estimate of drug-likeness (QED) is 0.641. The van der Waals surface area contributed by atoms with Gasteiger partial charge in [-0.15, -0.1) is 0 Å². The number of rotatable bonds is 5. The minimum absolute atomic E-state index is 0.0904. The maximum Gasteiger partial charge on any atom is 0.328 e. The lowest BCUT2D eigenvalue weighted by molar-refractivity contribution is -0.385. The molecule has 1 rings (SSSR count). The molecule has 0 saturated carbocycles. The van der Waals surface area contributed by atoms with E-state index in [4.69, 9.17) is 4.74 Å². The number of nitriles is 1. The average Bonchev–Trinajstić information content (AvgIpc) is 2.40. The summed E-state index contributed by atoms with van der Waals surface area (Å²) in [5.41, 5.74) is -2.54. The van der Waals surface area contributed by atoms with E-state index in [2.05, 4.69) is 0 Å². The fourth-order valence-corrected chi connectivity index (χ4v) is 1.79. The fourth-order valence-electron chi connectivity index (χ4n) is 1.79. The Bertz CT molecular complexity index is 564. The summed E-state index contributed by atoms with van der Waals surface area (Å²) in [7, 11) is 1.35. The first-order chi connectivity index (χ1) is 8.92. The molecule has 0 radical (unpaired) electrons. The van der Waals surface area contributed by atoms with Gasteiger partial charge in [-0.1, -0.05) is 6.92 Å². The minimum atomic E-state index is -1.96. The van der Waals surface area contributed by atoms with E-state index in [0.717, 1.165) is 6.07 Å². The third-order valence-electron chi connectivity index (χ3n) is 2.95. The molecule has 0 aliphatic rings. The molecule has 0 spiro atoms. The van der Waals surface area contributed by atoms with Crippen molar-refractivity contribution in [2.45, 2.75) is 18.8 Å². The summed E-state index contributed by atoms with van der Waals surface area (Å²) in [5, 5.41) is 29.4. The summed E-state index contributed by atoms with van der Waals surface area (Å²) < 4.78 is 4.93. The van der Waals surface area contributed by atoms with Gasteiger partial charge >= 0.3 is 5.97 Å². The first kappa shape index (κ1) is 14.4. The monoisotopic (exact) mass is 264 g/mol. The number of carboxylic acid groups (broad SMARTS) is 1. The molecule has 0 amide bonds. The Morgan fingerprint density at radius 2 is 2.26 bits per heavy atom. The summed E-state index contributed by atoms with van der Waals surface area (Å²) in [5.74, 6) is -1.16. The number of methoxy groups -OCH3 is 1. The van der Waals surface area contributed by atoms with Crippen LogP contribution in [0.5, 0.6) is 5.75 Å². The Kier molecular flexibility index (Phi) is 4.07. The Hall–Kier alpha value is -2.62. The van der Waals surface area contributed by atoms with Crippen LogP contribution in [0.2, 0.25) is 0 Å². The zero-order valence-electron chi connectivity index (χ0n) is 10.4. The number of carbonyl (C=O) groups is 1. The third kappa shape index (κ3) is 2.33. The van der Waals surface area contributed by atoms with Crippen molar-refractivity contribution in [2.24, 2.45) is 0 Å². The van der Waals surface area contributed by atoms with Gasteiger partial charge in [-0.25, -0.2) is 0 Å². The van der Waals surface area contributed by atoms with Crippen molar-refractivity contribution in [1.29, 1.82) is 5.26 Å². The standard InChI is InChI=1S/C12H12N2O5/c1-3-12(7-13,11(15)16)9-6-8(19-2)4-5-10(9)14(17)18/h4-6H,3H2,1-2H3,(H,15,16). The molecule has 1 aromatic rings. The summed E-state index contributed by atoms with van der Waals surface area (Å²) in [6.45, 7) is 1.49. The maximum absolute atomic E-state index is 11.4. The van der Waals surface area contributed by atoms with E-state index in [9.17, 15) is 25.3 Å². The fraction of sp³-hybridized carbons (Fsp3) is 0.333. The van der Waals surface area contributed by atoms with E-state index < -0.39 is 22.0 Å². The van der Waals surface area contributed by atoms with Gasteiger partial charge < -0.3 is 9.84 Å². The molecule has 0 fully saturated rings. The van der Waals surface area contributed by atoms with E-state index in [-0.39, 0.29) is 17.7 Å². The van der Waals surface area contributed by atoms with Gasteiger partial charge in [-0.3, -0.25) is 14.9 Å². The van der Waals surface area contributed by atoms with Gasteiger partial charge in [0.15, 0.2) is 5.41 Å². The van der Waals surface area contributed by atoms with Gasteiger partial charge in [0, 0.05) is 6.07 Å². The summed E-state index contributed by atoms with van der Waals surface area (Å²) in [6.07, 6.45) is -0.0904. The predicted octanol–water partition coefficient (Wildman–Crippen LogP) is 1.86. The largest absolute Gasteiger partial charge is 0.497 e. The van der Waals surface area contributed by atoms with Crippen molar-refractivity contribution in [3.05, 3.63) is 33.9 Å². The SMILES string of the molecule is CCC(C#N)(C(=O)O)c1cc(OC)ccc1[N+](=O)[O-]. The lowest BCUT2D eigenvalue weighted by atomic mass is 9.78. The number of benzene rings is 1. The third-order valence-corrected chi connectivity index (χ3v) is 2.95. The molecule has 1 aromatic carbocycles. The van der Waals surface area contributed by atoms with Crippen molar-refractivity contribution in [2.75, 3.05) is 7.11 Å². The number of hydrogen-bond acceptors (Lipinski definition) is 5. The Morgan fingerprint density at radius 1 is 1.63 bits per heavy atom. The van der Waals surface area contributed by atoms with Crippen molar-refractivity contribution in [1.82, 2.24) is 0 Å². The summed E-state index contributed by atoms with van der Waals surface area (Å²) in [6, 6.07) is 5.38. The Morgan fingerprint density at radius 3 is 2.63 bits per heavy atom. The molecule has 7 heteroatoms. The molecule has 0 bridgehead atoms.